The second-order valence-corrected chi connectivity index (χ2v) is 5.97. The number of anilines is 1. The van der Waals surface area contributed by atoms with Crippen molar-refractivity contribution in [2.24, 2.45) is 5.92 Å². The van der Waals surface area contributed by atoms with Crippen LogP contribution in [-0.2, 0) is 14.3 Å². The maximum absolute atomic E-state index is 12.2. The maximum Gasteiger partial charge on any atom is 0.309 e. The molecule has 24 heavy (non-hydrogen) atoms. The smallest absolute Gasteiger partial charge is 0.309 e. The average molecular weight is 335 g/mol. The van der Waals surface area contributed by atoms with Crippen LogP contribution in [0.3, 0.4) is 0 Å². The van der Waals surface area contributed by atoms with Gasteiger partial charge in [0.15, 0.2) is 17.6 Å². The number of ether oxygens (including phenoxy) is 3. The third kappa shape index (κ3) is 4.63. The molecule has 1 amide bonds. The number of carbonyl (C=O) groups is 2. The second kappa shape index (κ2) is 8.57. The van der Waals surface area contributed by atoms with E-state index in [1.54, 1.807) is 32.2 Å². The normalized spacial score (nSPS) is 16.1. The summed E-state index contributed by atoms with van der Waals surface area (Å²) < 4.78 is 15.7. The van der Waals surface area contributed by atoms with Gasteiger partial charge in [-0.3, -0.25) is 9.59 Å². The zero-order valence-electron chi connectivity index (χ0n) is 14.5. The number of rotatable bonds is 6. The van der Waals surface area contributed by atoms with Crippen LogP contribution in [0, 0.1) is 5.92 Å². The lowest BCUT2D eigenvalue weighted by Gasteiger charge is -2.22. The summed E-state index contributed by atoms with van der Waals surface area (Å²) >= 11 is 0. The first-order valence-corrected chi connectivity index (χ1v) is 8.28. The van der Waals surface area contributed by atoms with Crippen molar-refractivity contribution in [2.75, 3.05) is 19.5 Å². The van der Waals surface area contributed by atoms with Crippen LogP contribution in [0.2, 0.25) is 0 Å². The molecule has 0 aliphatic heterocycles. The van der Waals surface area contributed by atoms with Gasteiger partial charge in [-0.25, -0.2) is 0 Å². The van der Waals surface area contributed by atoms with Crippen molar-refractivity contribution >= 4 is 17.6 Å². The van der Waals surface area contributed by atoms with E-state index in [-0.39, 0.29) is 17.8 Å². The molecular weight excluding hydrogens is 310 g/mol. The van der Waals surface area contributed by atoms with Gasteiger partial charge in [-0.05, 0) is 31.9 Å². The Morgan fingerprint density at radius 3 is 2.38 bits per heavy atom. The molecule has 1 fully saturated rings. The van der Waals surface area contributed by atoms with E-state index in [0.29, 0.717) is 17.2 Å². The van der Waals surface area contributed by atoms with Gasteiger partial charge in [-0.2, -0.15) is 0 Å². The van der Waals surface area contributed by atoms with E-state index in [9.17, 15) is 9.59 Å². The van der Waals surface area contributed by atoms with Gasteiger partial charge in [-0.1, -0.05) is 19.3 Å². The molecule has 1 aromatic carbocycles. The fourth-order valence-corrected chi connectivity index (χ4v) is 2.82. The number of nitrogens with one attached hydrogen (secondary N) is 1. The van der Waals surface area contributed by atoms with E-state index >= 15 is 0 Å². The van der Waals surface area contributed by atoms with Crippen LogP contribution in [0.4, 0.5) is 5.69 Å². The predicted molar refractivity (Wildman–Crippen MR) is 90.3 cm³/mol. The van der Waals surface area contributed by atoms with E-state index in [4.69, 9.17) is 14.2 Å². The van der Waals surface area contributed by atoms with Crippen molar-refractivity contribution in [1.29, 1.82) is 0 Å². The molecule has 1 saturated carbocycles. The molecule has 0 bridgehead atoms. The zero-order valence-corrected chi connectivity index (χ0v) is 14.5. The van der Waals surface area contributed by atoms with Crippen LogP contribution in [-0.4, -0.2) is 32.2 Å². The highest BCUT2D eigenvalue weighted by molar-refractivity contribution is 5.95. The van der Waals surface area contributed by atoms with Crippen molar-refractivity contribution < 1.29 is 23.8 Å². The van der Waals surface area contributed by atoms with Crippen molar-refractivity contribution in [1.82, 2.24) is 0 Å². The summed E-state index contributed by atoms with van der Waals surface area (Å²) in [5.74, 6) is 0.376. The quantitative estimate of drug-likeness (QED) is 0.808. The molecule has 1 atom stereocenters. The molecular formula is C18H25NO5. The number of benzene rings is 1. The van der Waals surface area contributed by atoms with Crippen LogP contribution in [0.1, 0.15) is 39.0 Å². The number of amides is 1. The first kappa shape index (κ1) is 18.1. The van der Waals surface area contributed by atoms with Crippen molar-refractivity contribution in [3.05, 3.63) is 18.2 Å². The Bertz CT molecular complexity index is 581. The predicted octanol–water partition coefficient (Wildman–Crippen LogP) is 3.15. The average Bonchev–Trinajstić information content (AvgIpc) is 2.62. The van der Waals surface area contributed by atoms with Crippen LogP contribution in [0.15, 0.2) is 18.2 Å². The molecule has 1 N–H and O–H groups in total. The monoisotopic (exact) mass is 335 g/mol. The molecule has 0 spiro atoms. The minimum atomic E-state index is -0.840. The molecule has 0 heterocycles. The molecule has 0 aromatic heterocycles. The van der Waals surface area contributed by atoms with Crippen LogP contribution < -0.4 is 14.8 Å². The highest BCUT2D eigenvalue weighted by atomic mass is 16.5. The summed E-state index contributed by atoms with van der Waals surface area (Å²) in [6, 6.07) is 5.06. The fourth-order valence-electron chi connectivity index (χ4n) is 2.82. The number of hydrogen-bond acceptors (Lipinski definition) is 5. The van der Waals surface area contributed by atoms with Gasteiger partial charge in [0.1, 0.15) is 0 Å². The van der Waals surface area contributed by atoms with Gasteiger partial charge in [-0.15, -0.1) is 0 Å². The molecule has 0 unspecified atom stereocenters. The summed E-state index contributed by atoms with van der Waals surface area (Å²) in [6.07, 6.45) is 4.12. The van der Waals surface area contributed by atoms with Gasteiger partial charge in [0.05, 0.1) is 20.1 Å². The van der Waals surface area contributed by atoms with Crippen LogP contribution in [0.5, 0.6) is 11.5 Å². The maximum atomic E-state index is 12.2. The van der Waals surface area contributed by atoms with Crippen molar-refractivity contribution in [3.63, 3.8) is 0 Å². The minimum Gasteiger partial charge on any atom is -0.493 e. The molecule has 0 saturated heterocycles. The Hall–Kier alpha value is -2.24. The second-order valence-electron chi connectivity index (χ2n) is 5.97. The summed E-state index contributed by atoms with van der Waals surface area (Å²) in [7, 11) is 3.07. The van der Waals surface area contributed by atoms with E-state index < -0.39 is 6.10 Å². The molecule has 1 aliphatic rings. The molecule has 2 rings (SSSR count). The van der Waals surface area contributed by atoms with Crippen molar-refractivity contribution in [3.8, 4) is 11.5 Å². The SMILES string of the molecule is COc1ccc(NC(=O)[C@@H](C)OC(=O)C2CCCCC2)cc1OC. The highest BCUT2D eigenvalue weighted by Gasteiger charge is 2.26. The summed E-state index contributed by atoms with van der Waals surface area (Å²) in [6.45, 7) is 1.58. The molecule has 6 nitrogen and oxygen atoms in total. The number of carbonyl (C=O) groups excluding carboxylic acids is 2. The summed E-state index contributed by atoms with van der Waals surface area (Å²) in [5.41, 5.74) is 0.554. The van der Waals surface area contributed by atoms with Crippen molar-refractivity contribution in [2.45, 2.75) is 45.1 Å². The molecule has 1 aliphatic carbocycles. The standard InChI is InChI=1S/C18H25NO5/c1-12(24-18(21)13-7-5-4-6-8-13)17(20)19-14-9-10-15(22-2)16(11-14)23-3/h9-13H,4-8H2,1-3H3,(H,19,20)/t12-/m1/s1. The third-order valence-electron chi connectivity index (χ3n) is 4.25. The Morgan fingerprint density at radius 1 is 1.08 bits per heavy atom. The van der Waals surface area contributed by atoms with E-state index in [1.807, 2.05) is 0 Å². The third-order valence-corrected chi connectivity index (χ3v) is 4.25. The van der Waals surface area contributed by atoms with Gasteiger partial charge in [0, 0.05) is 11.8 Å². The van der Waals surface area contributed by atoms with Gasteiger partial charge in [0.25, 0.3) is 5.91 Å². The first-order chi connectivity index (χ1) is 11.5. The zero-order chi connectivity index (χ0) is 17.5. The van der Waals surface area contributed by atoms with Gasteiger partial charge in [0.2, 0.25) is 0 Å². The van der Waals surface area contributed by atoms with E-state index in [0.717, 1.165) is 25.7 Å². The van der Waals surface area contributed by atoms with Gasteiger partial charge >= 0.3 is 5.97 Å². The van der Waals surface area contributed by atoms with Crippen LogP contribution in [0.25, 0.3) is 0 Å². The molecule has 1 aromatic rings. The summed E-state index contributed by atoms with van der Waals surface area (Å²) in [5, 5.41) is 2.72. The number of hydrogen-bond donors (Lipinski definition) is 1. The Morgan fingerprint density at radius 2 is 1.75 bits per heavy atom. The lowest BCUT2D eigenvalue weighted by Crippen LogP contribution is -2.32. The Balaban J connectivity index is 1.92. The van der Waals surface area contributed by atoms with E-state index in [1.165, 1.54) is 13.5 Å². The molecule has 0 radical (unpaired) electrons. The van der Waals surface area contributed by atoms with Crippen LogP contribution >= 0.6 is 0 Å². The topological polar surface area (TPSA) is 73.9 Å². The highest BCUT2D eigenvalue weighted by Crippen LogP contribution is 2.30. The minimum absolute atomic E-state index is 0.0740. The Kier molecular flexibility index (Phi) is 6.46. The lowest BCUT2D eigenvalue weighted by molar-refractivity contribution is -0.158. The lowest BCUT2D eigenvalue weighted by atomic mass is 9.89. The largest absolute Gasteiger partial charge is 0.493 e. The van der Waals surface area contributed by atoms with Gasteiger partial charge < -0.3 is 19.5 Å². The summed E-state index contributed by atoms with van der Waals surface area (Å²) in [4.78, 5) is 24.3. The molecule has 132 valence electrons. The number of esters is 1. The number of methoxy groups -OCH3 is 2. The molecule has 6 heteroatoms. The first-order valence-electron chi connectivity index (χ1n) is 8.28. The van der Waals surface area contributed by atoms with E-state index in [2.05, 4.69) is 5.32 Å². The Labute approximate surface area is 142 Å². The fraction of sp³-hybridized carbons (Fsp3) is 0.556.